The lowest BCUT2D eigenvalue weighted by Crippen LogP contribution is -2.41. The molecule has 0 amide bonds. The second-order valence-corrected chi connectivity index (χ2v) is 15.0. The van der Waals surface area contributed by atoms with Gasteiger partial charge in [0.1, 0.15) is 0 Å². The molecule has 6 nitrogen and oxygen atoms in total. The number of carbonyl (C=O) groups is 1. The van der Waals surface area contributed by atoms with Crippen LogP contribution in [0.25, 0.3) is 0 Å². The number of hydrogen-bond donors (Lipinski definition) is 0. The number of carbonyl (C=O) groups excluding carboxylic acids is 1. The van der Waals surface area contributed by atoms with Gasteiger partial charge < -0.3 is 23.5 Å². The predicted octanol–water partition coefficient (Wildman–Crippen LogP) is 3.50. The number of ether oxygens (including phenoxy) is 3. The zero-order chi connectivity index (χ0) is 21.2. The lowest BCUT2D eigenvalue weighted by Gasteiger charge is -2.32. The molecular weight excluding hydrogens is 375 g/mol. The number of hydrogen-bond acceptors (Lipinski definition) is 6. The summed E-state index contributed by atoms with van der Waals surface area (Å²) >= 11 is 0. The molecule has 2 rings (SSSR count). The molecule has 0 N–H and O–H groups in total. The van der Waals surface area contributed by atoms with E-state index in [4.69, 9.17) is 23.5 Å². The Bertz CT molecular complexity index is 683. The van der Waals surface area contributed by atoms with Gasteiger partial charge in [-0.25, -0.2) is 0 Å². The van der Waals surface area contributed by atoms with Crippen LogP contribution in [-0.4, -0.2) is 53.2 Å². The Labute approximate surface area is 170 Å². The van der Waals surface area contributed by atoms with Crippen molar-refractivity contribution in [3.63, 3.8) is 0 Å². The van der Waals surface area contributed by atoms with Crippen LogP contribution in [-0.2, 0) is 14.0 Å². The summed E-state index contributed by atoms with van der Waals surface area (Å²) < 4.78 is 28.9. The van der Waals surface area contributed by atoms with Crippen LogP contribution in [0.2, 0.25) is 25.7 Å². The fraction of sp³-hybridized carbons (Fsp3) is 0.650. The molecule has 1 fully saturated rings. The Morgan fingerprint density at radius 3 is 2.21 bits per heavy atom. The monoisotopic (exact) mass is 408 g/mol. The van der Waals surface area contributed by atoms with Crippen molar-refractivity contribution in [2.75, 3.05) is 20.5 Å². The van der Waals surface area contributed by atoms with E-state index in [0.29, 0.717) is 29.1 Å². The predicted molar refractivity (Wildman–Crippen MR) is 114 cm³/mol. The van der Waals surface area contributed by atoms with E-state index in [-0.39, 0.29) is 6.79 Å². The van der Waals surface area contributed by atoms with Crippen molar-refractivity contribution < 1.29 is 28.3 Å². The van der Waals surface area contributed by atoms with Gasteiger partial charge in [-0.05, 0) is 51.3 Å². The van der Waals surface area contributed by atoms with Crippen molar-refractivity contribution in [1.82, 2.24) is 0 Å². The number of rotatable bonds is 9. The average Bonchev–Trinajstić information content (AvgIpc) is 2.80. The van der Waals surface area contributed by atoms with Gasteiger partial charge in [-0.3, -0.25) is 4.79 Å². The lowest BCUT2D eigenvalue weighted by atomic mass is 9.78. The molecule has 1 aliphatic rings. The van der Waals surface area contributed by atoms with Crippen molar-refractivity contribution in [2.24, 2.45) is 0 Å². The van der Waals surface area contributed by atoms with Gasteiger partial charge in [0.15, 0.2) is 24.6 Å². The second-order valence-electron chi connectivity index (χ2n) is 9.33. The molecule has 0 aromatic heterocycles. The fourth-order valence-corrected chi connectivity index (χ4v) is 3.45. The first-order valence-corrected chi connectivity index (χ1v) is 13.3. The molecule has 0 spiro atoms. The van der Waals surface area contributed by atoms with E-state index in [1.54, 1.807) is 12.1 Å². The summed E-state index contributed by atoms with van der Waals surface area (Å²) in [5, 5.41) is 0. The first-order chi connectivity index (χ1) is 12.9. The van der Waals surface area contributed by atoms with Gasteiger partial charge in [-0.1, -0.05) is 19.6 Å². The molecule has 0 saturated carbocycles. The van der Waals surface area contributed by atoms with E-state index < -0.39 is 26.4 Å². The van der Waals surface area contributed by atoms with Crippen LogP contribution >= 0.6 is 0 Å². The molecule has 156 valence electrons. The number of benzene rings is 1. The van der Waals surface area contributed by atoms with Gasteiger partial charge in [0.2, 0.25) is 0 Å². The van der Waals surface area contributed by atoms with E-state index >= 15 is 0 Å². The minimum atomic E-state index is -1.16. The molecule has 1 aromatic rings. The maximum Gasteiger partial charge on any atom is 0.494 e. The smallest absolute Gasteiger partial charge is 0.493 e. The lowest BCUT2D eigenvalue weighted by molar-refractivity contribution is 0.00578. The van der Waals surface area contributed by atoms with Crippen LogP contribution < -0.4 is 14.9 Å². The highest BCUT2D eigenvalue weighted by Crippen LogP contribution is 2.37. The molecule has 28 heavy (non-hydrogen) atoms. The van der Waals surface area contributed by atoms with Crippen LogP contribution in [0.1, 0.15) is 38.1 Å². The molecular formula is C20H33BO6Si. The first kappa shape index (κ1) is 22.9. The third kappa shape index (κ3) is 5.38. The molecule has 1 heterocycles. The van der Waals surface area contributed by atoms with Crippen LogP contribution in [0.4, 0.5) is 0 Å². The normalized spacial score (nSPS) is 18.2. The summed E-state index contributed by atoms with van der Waals surface area (Å²) in [5.74, 6) is 0.814. The van der Waals surface area contributed by atoms with Gasteiger partial charge in [-0.2, -0.15) is 0 Å². The highest BCUT2D eigenvalue weighted by molar-refractivity contribution is 6.76. The molecule has 0 atom stereocenters. The van der Waals surface area contributed by atoms with Crippen molar-refractivity contribution in [2.45, 2.75) is 64.6 Å². The molecule has 0 aliphatic carbocycles. The van der Waals surface area contributed by atoms with Gasteiger partial charge >= 0.3 is 7.12 Å². The van der Waals surface area contributed by atoms with E-state index in [0.717, 1.165) is 12.3 Å². The van der Waals surface area contributed by atoms with Crippen molar-refractivity contribution >= 4 is 26.9 Å². The van der Waals surface area contributed by atoms with Crippen molar-refractivity contribution in [1.29, 1.82) is 0 Å². The topological polar surface area (TPSA) is 63.2 Å². The van der Waals surface area contributed by atoms with Gasteiger partial charge in [0.05, 0.1) is 23.9 Å². The zero-order valence-electron chi connectivity index (χ0n) is 18.4. The minimum Gasteiger partial charge on any atom is -0.493 e. The first-order valence-electron chi connectivity index (χ1n) is 9.63. The van der Waals surface area contributed by atoms with Gasteiger partial charge in [-0.15, -0.1) is 0 Å². The molecule has 8 heteroatoms. The molecule has 0 radical (unpaired) electrons. The Hall–Kier alpha value is -1.35. The fourth-order valence-electron chi connectivity index (χ4n) is 2.69. The molecule has 0 bridgehead atoms. The Kier molecular flexibility index (Phi) is 7.02. The highest BCUT2D eigenvalue weighted by atomic mass is 28.3. The number of methoxy groups -OCH3 is 1. The standard InChI is InChI=1S/C20H33BO6Si/c1-19(2)20(3,4)27-21(26-19)16-11-15(13-22)18(17(12-16)23-5)25-14-24-9-10-28(6,7)8/h11-13H,9-10,14H2,1-8H3. The Morgan fingerprint density at radius 2 is 1.71 bits per heavy atom. The molecule has 0 unspecified atom stereocenters. The van der Waals surface area contributed by atoms with Crippen LogP contribution in [0.15, 0.2) is 12.1 Å². The summed E-state index contributed by atoms with van der Waals surface area (Å²) in [6, 6.07) is 4.55. The van der Waals surface area contributed by atoms with Crippen molar-refractivity contribution in [3.05, 3.63) is 17.7 Å². The summed E-state index contributed by atoms with van der Waals surface area (Å²) in [6.07, 6.45) is 0.745. The Balaban J connectivity index is 2.15. The third-order valence-electron chi connectivity index (χ3n) is 5.26. The van der Waals surface area contributed by atoms with E-state index in [9.17, 15) is 4.79 Å². The third-order valence-corrected chi connectivity index (χ3v) is 6.97. The average molecular weight is 408 g/mol. The van der Waals surface area contributed by atoms with Gasteiger partial charge in [0, 0.05) is 14.7 Å². The van der Waals surface area contributed by atoms with Gasteiger partial charge in [0.25, 0.3) is 0 Å². The maximum absolute atomic E-state index is 11.7. The van der Waals surface area contributed by atoms with E-state index in [1.807, 2.05) is 27.7 Å². The molecule has 1 aromatic carbocycles. The Morgan fingerprint density at radius 1 is 1.11 bits per heavy atom. The second kappa shape index (κ2) is 8.57. The van der Waals surface area contributed by atoms with E-state index in [1.165, 1.54) is 7.11 Å². The van der Waals surface area contributed by atoms with Crippen molar-refractivity contribution in [3.8, 4) is 11.5 Å². The summed E-state index contributed by atoms with van der Waals surface area (Å²) in [4.78, 5) is 11.7. The molecule has 1 aliphatic heterocycles. The van der Waals surface area contributed by atoms with E-state index in [2.05, 4.69) is 19.6 Å². The largest absolute Gasteiger partial charge is 0.494 e. The minimum absolute atomic E-state index is 0.0670. The quantitative estimate of drug-likeness (QED) is 0.270. The summed E-state index contributed by atoms with van der Waals surface area (Å²) in [7, 11) is -0.203. The van der Waals surface area contributed by atoms with Crippen LogP contribution in [0.3, 0.4) is 0 Å². The summed E-state index contributed by atoms with van der Waals surface area (Å²) in [6.45, 7) is 15.5. The zero-order valence-corrected chi connectivity index (χ0v) is 19.4. The number of aldehydes is 1. The molecule has 1 saturated heterocycles. The SMILES string of the molecule is COc1cc(B2OC(C)(C)C(C)(C)O2)cc(C=O)c1OCOCC[Si](C)(C)C. The summed E-state index contributed by atoms with van der Waals surface area (Å²) in [5.41, 5.74) is 0.152. The maximum atomic E-state index is 11.7. The highest BCUT2D eigenvalue weighted by Gasteiger charge is 2.52. The van der Waals surface area contributed by atoms with Crippen LogP contribution in [0, 0.1) is 0 Å². The van der Waals surface area contributed by atoms with Crippen LogP contribution in [0.5, 0.6) is 11.5 Å².